The average molecular weight is 285 g/mol. The monoisotopic (exact) mass is 285 g/mol. The van der Waals surface area contributed by atoms with E-state index >= 15 is 0 Å². The maximum absolute atomic E-state index is 4.87. The maximum Gasteiger partial charge on any atom is 0.0700 e. The lowest BCUT2D eigenvalue weighted by molar-refractivity contribution is 0.531. The molecule has 0 fully saturated rings. The van der Waals surface area contributed by atoms with Crippen molar-refractivity contribution in [1.82, 2.24) is 0 Å². The Kier molecular flexibility index (Phi) is 6.87. The van der Waals surface area contributed by atoms with Crippen molar-refractivity contribution < 1.29 is 0 Å². The molecule has 1 aliphatic rings. The van der Waals surface area contributed by atoms with E-state index in [4.69, 9.17) is 4.99 Å². The standard InChI is InChI=1S/C20H31N/c1-7-9-10-11-17(5)21-19-13-15-20(6,8-2)14-12-18(19)16(3)4/h12-15H,3,7-11H2,1-2,4-6H3. The van der Waals surface area contributed by atoms with E-state index in [0.717, 1.165) is 24.1 Å². The summed E-state index contributed by atoms with van der Waals surface area (Å²) in [4.78, 5) is 4.87. The fourth-order valence-electron chi connectivity index (χ4n) is 2.36. The van der Waals surface area contributed by atoms with Gasteiger partial charge in [-0.05, 0) is 44.8 Å². The van der Waals surface area contributed by atoms with Crippen LogP contribution >= 0.6 is 0 Å². The zero-order valence-electron chi connectivity index (χ0n) is 14.5. The number of unbranched alkanes of at least 4 members (excludes halogenated alkanes) is 2. The van der Waals surface area contributed by atoms with Crippen LogP contribution in [0.2, 0.25) is 0 Å². The minimum atomic E-state index is 0.119. The Morgan fingerprint density at radius 3 is 2.38 bits per heavy atom. The van der Waals surface area contributed by atoms with Crippen molar-refractivity contribution in [3.8, 4) is 0 Å². The number of rotatable bonds is 7. The summed E-state index contributed by atoms with van der Waals surface area (Å²) in [5, 5.41) is 0. The first-order valence-electron chi connectivity index (χ1n) is 8.24. The van der Waals surface area contributed by atoms with Crippen molar-refractivity contribution >= 4 is 5.71 Å². The minimum absolute atomic E-state index is 0.119. The molecule has 0 aromatic heterocycles. The van der Waals surface area contributed by atoms with E-state index in [9.17, 15) is 0 Å². The summed E-state index contributed by atoms with van der Waals surface area (Å²) in [6.07, 6.45) is 14.9. The van der Waals surface area contributed by atoms with Crippen LogP contribution < -0.4 is 0 Å². The predicted molar refractivity (Wildman–Crippen MR) is 95.8 cm³/mol. The van der Waals surface area contributed by atoms with Crippen LogP contribution in [0.5, 0.6) is 0 Å². The van der Waals surface area contributed by atoms with Crippen LogP contribution in [0.1, 0.15) is 66.7 Å². The highest BCUT2D eigenvalue weighted by Gasteiger charge is 2.18. The number of hydrogen-bond acceptors (Lipinski definition) is 1. The van der Waals surface area contributed by atoms with Gasteiger partial charge in [-0.15, -0.1) is 0 Å². The lowest BCUT2D eigenvalue weighted by Crippen LogP contribution is -2.06. The molecule has 1 nitrogen and oxygen atoms in total. The highest BCUT2D eigenvalue weighted by Crippen LogP contribution is 2.31. The second-order valence-corrected chi connectivity index (χ2v) is 6.41. The van der Waals surface area contributed by atoms with Crippen molar-refractivity contribution in [2.24, 2.45) is 10.4 Å². The van der Waals surface area contributed by atoms with E-state index < -0.39 is 0 Å². The van der Waals surface area contributed by atoms with Gasteiger partial charge in [0.1, 0.15) is 0 Å². The molecule has 0 radical (unpaired) electrons. The molecule has 0 heterocycles. The second kappa shape index (κ2) is 8.17. The SMILES string of the molecule is C=C(C)C1=C(N=C(C)CCCCC)C=CC(C)(CC)C=C1. The Bertz CT molecular complexity index is 488. The van der Waals surface area contributed by atoms with Crippen LogP contribution in [0.15, 0.2) is 52.7 Å². The molecule has 1 atom stereocenters. The van der Waals surface area contributed by atoms with Gasteiger partial charge in [-0.2, -0.15) is 0 Å². The van der Waals surface area contributed by atoms with Crippen molar-refractivity contribution in [2.45, 2.75) is 66.7 Å². The van der Waals surface area contributed by atoms with Crippen LogP contribution in [0.25, 0.3) is 0 Å². The molecule has 0 bridgehead atoms. The molecular formula is C20H31N. The molecule has 0 aromatic carbocycles. The smallest absolute Gasteiger partial charge is 0.0700 e. The quantitative estimate of drug-likeness (QED) is 0.379. The molecule has 1 rings (SSSR count). The topological polar surface area (TPSA) is 12.4 Å². The van der Waals surface area contributed by atoms with Gasteiger partial charge in [0.25, 0.3) is 0 Å². The Morgan fingerprint density at radius 2 is 1.81 bits per heavy atom. The summed E-state index contributed by atoms with van der Waals surface area (Å²) in [6, 6.07) is 0. The van der Waals surface area contributed by atoms with Gasteiger partial charge >= 0.3 is 0 Å². The molecule has 1 aliphatic carbocycles. The summed E-state index contributed by atoms with van der Waals surface area (Å²) in [7, 11) is 0. The summed E-state index contributed by atoms with van der Waals surface area (Å²) in [5.41, 5.74) is 4.64. The molecule has 0 saturated carbocycles. The van der Waals surface area contributed by atoms with Gasteiger partial charge < -0.3 is 0 Å². The summed E-state index contributed by atoms with van der Waals surface area (Å²) < 4.78 is 0. The third-order valence-electron chi connectivity index (χ3n) is 4.20. The van der Waals surface area contributed by atoms with E-state index in [-0.39, 0.29) is 5.41 Å². The van der Waals surface area contributed by atoms with Crippen molar-refractivity contribution in [3.63, 3.8) is 0 Å². The van der Waals surface area contributed by atoms with E-state index in [0.29, 0.717) is 0 Å². The molecule has 0 N–H and O–H groups in total. The van der Waals surface area contributed by atoms with Crippen molar-refractivity contribution in [3.05, 3.63) is 47.7 Å². The Hall–Kier alpha value is -1.37. The van der Waals surface area contributed by atoms with E-state index in [1.165, 1.54) is 30.5 Å². The van der Waals surface area contributed by atoms with Crippen LogP contribution in [0, 0.1) is 5.41 Å². The van der Waals surface area contributed by atoms with Crippen LogP contribution in [0.4, 0.5) is 0 Å². The Balaban J connectivity index is 3.04. The molecule has 0 aliphatic heterocycles. The normalized spacial score (nSPS) is 22.6. The number of aliphatic imine (C=N–C) groups is 1. The molecule has 1 unspecified atom stereocenters. The van der Waals surface area contributed by atoms with Crippen LogP contribution in [-0.2, 0) is 0 Å². The van der Waals surface area contributed by atoms with Crippen LogP contribution in [0.3, 0.4) is 0 Å². The lowest BCUT2D eigenvalue weighted by Gasteiger charge is -2.18. The first-order chi connectivity index (χ1) is 9.91. The fraction of sp³-hybridized carbons (Fsp3) is 0.550. The predicted octanol–water partition coefficient (Wildman–Crippen LogP) is 6.40. The summed E-state index contributed by atoms with van der Waals surface area (Å²) in [6.45, 7) is 15.0. The van der Waals surface area contributed by atoms with Crippen molar-refractivity contribution in [2.75, 3.05) is 0 Å². The van der Waals surface area contributed by atoms with Gasteiger partial charge in [0.05, 0.1) is 5.70 Å². The largest absolute Gasteiger partial charge is 0.258 e. The van der Waals surface area contributed by atoms with E-state index in [2.05, 4.69) is 65.5 Å². The molecule has 21 heavy (non-hydrogen) atoms. The molecule has 116 valence electrons. The van der Waals surface area contributed by atoms with Gasteiger partial charge in [0.15, 0.2) is 0 Å². The summed E-state index contributed by atoms with van der Waals surface area (Å²) >= 11 is 0. The highest BCUT2D eigenvalue weighted by atomic mass is 14.8. The molecule has 1 heteroatoms. The number of allylic oxidation sites excluding steroid dienone is 6. The molecule has 0 amide bonds. The van der Waals surface area contributed by atoms with Crippen LogP contribution in [-0.4, -0.2) is 5.71 Å². The Morgan fingerprint density at radius 1 is 1.14 bits per heavy atom. The maximum atomic E-state index is 4.87. The third kappa shape index (κ3) is 5.49. The van der Waals surface area contributed by atoms with Gasteiger partial charge in [0, 0.05) is 16.7 Å². The van der Waals surface area contributed by atoms with Gasteiger partial charge in [-0.3, -0.25) is 4.99 Å². The first-order valence-corrected chi connectivity index (χ1v) is 8.24. The van der Waals surface area contributed by atoms with Gasteiger partial charge in [0.2, 0.25) is 0 Å². The van der Waals surface area contributed by atoms with Crippen molar-refractivity contribution in [1.29, 1.82) is 0 Å². The number of hydrogen-bond donors (Lipinski definition) is 0. The lowest BCUT2D eigenvalue weighted by atomic mass is 9.87. The number of nitrogens with zero attached hydrogens (tertiary/aromatic N) is 1. The van der Waals surface area contributed by atoms with Gasteiger partial charge in [-0.1, -0.05) is 58.4 Å². The Labute approximate surface area is 131 Å². The third-order valence-corrected chi connectivity index (χ3v) is 4.20. The zero-order chi connectivity index (χ0) is 15.9. The average Bonchev–Trinajstić information content (AvgIpc) is 2.60. The van der Waals surface area contributed by atoms with E-state index in [1.807, 2.05) is 0 Å². The summed E-state index contributed by atoms with van der Waals surface area (Å²) in [5.74, 6) is 0. The zero-order valence-corrected chi connectivity index (χ0v) is 14.5. The second-order valence-electron chi connectivity index (χ2n) is 6.41. The molecule has 0 spiro atoms. The molecular weight excluding hydrogens is 254 g/mol. The van der Waals surface area contributed by atoms with E-state index in [1.54, 1.807) is 0 Å². The fourth-order valence-corrected chi connectivity index (χ4v) is 2.36. The minimum Gasteiger partial charge on any atom is -0.258 e. The highest BCUT2D eigenvalue weighted by molar-refractivity contribution is 5.83. The van der Waals surface area contributed by atoms with Gasteiger partial charge in [-0.25, -0.2) is 0 Å². The molecule has 0 aromatic rings. The molecule has 0 saturated heterocycles. The first kappa shape index (κ1) is 17.7.